The Labute approximate surface area is 182 Å². The van der Waals surface area contributed by atoms with Gasteiger partial charge in [0.1, 0.15) is 11.6 Å². The van der Waals surface area contributed by atoms with E-state index < -0.39 is 0 Å². The van der Waals surface area contributed by atoms with E-state index in [-0.39, 0.29) is 24.7 Å². The summed E-state index contributed by atoms with van der Waals surface area (Å²) in [5, 5.41) is 0. The number of aromatic amines is 1. The minimum atomic E-state index is -0.290. The molecule has 1 saturated heterocycles. The molecule has 0 atom stereocenters. The van der Waals surface area contributed by atoms with Crippen LogP contribution in [0.5, 0.6) is 0 Å². The highest BCUT2D eigenvalue weighted by Gasteiger charge is 2.20. The Bertz CT molecular complexity index is 1060. The fraction of sp³-hybridized carbons (Fsp3) is 0.417. The molecule has 2 heterocycles. The lowest BCUT2D eigenvalue weighted by molar-refractivity contribution is -0.131. The number of rotatable bonds is 7. The van der Waals surface area contributed by atoms with Crippen molar-refractivity contribution in [1.29, 1.82) is 0 Å². The molecule has 0 unspecified atom stereocenters. The molecule has 164 valence electrons. The van der Waals surface area contributed by atoms with Crippen LogP contribution in [0.2, 0.25) is 0 Å². The molecular formula is C24H29FN4O2. The van der Waals surface area contributed by atoms with Gasteiger partial charge in [0.25, 0.3) is 0 Å². The number of ether oxygens (including phenoxy) is 1. The minimum Gasteiger partial charge on any atom is -0.379 e. The molecule has 3 aromatic rings. The van der Waals surface area contributed by atoms with E-state index in [4.69, 9.17) is 4.74 Å². The Kier molecular flexibility index (Phi) is 6.63. The zero-order chi connectivity index (χ0) is 21.8. The molecule has 0 spiro atoms. The Hall–Kier alpha value is -2.77. The number of aromatic nitrogens is 2. The van der Waals surface area contributed by atoms with Gasteiger partial charge in [-0.2, -0.15) is 0 Å². The lowest BCUT2D eigenvalue weighted by Crippen LogP contribution is -2.43. The lowest BCUT2D eigenvalue weighted by Gasteiger charge is -2.30. The Morgan fingerprint density at radius 2 is 2.00 bits per heavy atom. The van der Waals surface area contributed by atoms with Crippen molar-refractivity contribution in [2.45, 2.75) is 26.8 Å². The maximum absolute atomic E-state index is 14.3. The fourth-order valence-electron chi connectivity index (χ4n) is 4.07. The van der Waals surface area contributed by atoms with Crippen molar-refractivity contribution in [3.05, 3.63) is 64.7 Å². The van der Waals surface area contributed by atoms with Gasteiger partial charge >= 0.3 is 0 Å². The average molecular weight is 425 g/mol. The third-order valence-corrected chi connectivity index (χ3v) is 5.75. The molecule has 1 aliphatic rings. The van der Waals surface area contributed by atoms with E-state index in [1.807, 2.05) is 19.9 Å². The lowest BCUT2D eigenvalue weighted by atomic mass is 10.1. The zero-order valence-corrected chi connectivity index (χ0v) is 18.2. The molecule has 2 aromatic carbocycles. The summed E-state index contributed by atoms with van der Waals surface area (Å²) in [7, 11) is 0. The number of hydrogen-bond acceptors (Lipinski definition) is 4. The van der Waals surface area contributed by atoms with Gasteiger partial charge in [-0.05, 0) is 37.1 Å². The monoisotopic (exact) mass is 424 g/mol. The van der Waals surface area contributed by atoms with Gasteiger partial charge in [0.15, 0.2) is 0 Å². The number of amides is 1. The first-order chi connectivity index (χ1) is 15.0. The van der Waals surface area contributed by atoms with Crippen molar-refractivity contribution in [2.24, 2.45) is 0 Å². The molecule has 1 N–H and O–H groups in total. The Balaban J connectivity index is 1.51. The average Bonchev–Trinajstić information content (AvgIpc) is 3.15. The summed E-state index contributed by atoms with van der Waals surface area (Å²) in [6.07, 6.45) is 0.157. The number of benzene rings is 2. The van der Waals surface area contributed by atoms with Crippen LogP contribution in [0, 0.1) is 19.7 Å². The van der Waals surface area contributed by atoms with Crippen molar-refractivity contribution in [1.82, 2.24) is 19.8 Å². The highest BCUT2D eigenvalue weighted by atomic mass is 19.1. The number of carbonyl (C=O) groups excluding carboxylic acids is 1. The normalized spacial score (nSPS) is 14.8. The molecule has 6 nitrogen and oxygen atoms in total. The van der Waals surface area contributed by atoms with Crippen LogP contribution in [0.1, 0.15) is 22.5 Å². The number of fused-ring (bicyclic) bond motifs is 1. The predicted octanol–water partition coefficient (Wildman–Crippen LogP) is 3.22. The molecule has 31 heavy (non-hydrogen) atoms. The largest absolute Gasteiger partial charge is 0.379 e. The van der Waals surface area contributed by atoms with Crippen LogP contribution < -0.4 is 0 Å². The Morgan fingerprint density at radius 1 is 1.23 bits per heavy atom. The first-order valence-corrected chi connectivity index (χ1v) is 10.8. The van der Waals surface area contributed by atoms with E-state index in [2.05, 4.69) is 20.9 Å². The first-order valence-electron chi connectivity index (χ1n) is 10.8. The maximum Gasteiger partial charge on any atom is 0.230 e. The quantitative estimate of drug-likeness (QED) is 0.633. The van der Waals surface area contributed by atoms with Gasteiger partial charge < -0.3 is 14.6 Å². The van der Waals surface area contributed by atoms with Crippen molar-refractivity contribution in [3.8, 4) is 0 Å². The Morgan fingerprint density at radius 3 is 2.77 bits per heavy atom. The topological polar surface area (TPSA) is 61.5 Å². The first kappa shape index (κ1) is 21.5. The molecule has 0 aliphatic carbocycles. The number of nitrogens with one attached hydrogen (secondary N) is 1. The number of imidazole rings is 1. The number of carbonyl (C=O) groups is 1. The molecule has 7 heteroatoms. The van der Waals surface area contributed by atoms with Crippen molar-refractivity contribution >= 4 is 16.9 Å². The van der Waals surface area contributed by atoms with Crippen LogP contribution in [0.3, 0.4) is 0 Å². The van der Waals surface area contributed by atoms with Gasteiger partial charge in [0.05, 0.1) is 30.7 Å². The van der Waals surface area contributed by atoms with Gasteiger partial charge in [-0.3, -0.25) is 9.69 Å². The molecule has 1 aromatic heterocycles. The van der Waals surface area contributed by atoms with Crippen LogP contribution >= 0.6 is 0 Å². The summed E-state index contributed by atoms with van der Waals surface area (Å²) in [5.74, 6) is 0.282. The molecular weight excluding hydrogens is 395 g/mol. The molecule has 4 rings (SSSR count). The van der Waals surface area contributed by atoms with Gasteiger partial charge in [-0.25, -0.2) is 9.37 Å². The van der Waals surface area contributed by atoms with Gasteiger partial charge in [0, 0.05) is 38.3 Å². The number of aryl methyl sites for hydroxylation is 2. The molecule has 0 bridgehead atoms. The summed E-state index contributed by atoms with van der Waals surface area (Å²) in [6, 6.07) is 10.8. The van der Waals surface area contributed by atoms with Gasteiger partial charge in [-0.15, -0.1) is 0 Å². The summed E-state index contributed by atoms with van der Waals surface area (Å²) >= 11 is 0. The number of hydrogen-bond donors (Lipinski definition) is 1. The van der Waals surface area contributed by atoms with E-state index in [0.717, 1.165) is 41.8 Å². The standard InChI is InChI=1S/C24H29FN4O2/c1-17-13-18(2)24-21(14-17)26-22(27-24)15-23(30)29(8-7-28-9-11-31-12-10-28)16-19-5-3-4-6-20(19)25/h3-6,13-14H,7-12,15-16H2,1-2H3,(H,26,27). The number of nitrogens with zero attached hydrogens (tertiary/aromatic N) is 3. The van der Waals surface area contributed by atoms with E-state index in [1.54, 1.807) is 23.1 Å². The second kappa shape index (κ2) is 9.58. The van der Waals surface area contributed by atoms with Crippen LogP contribution in [0.15, 0.2) is 36.4 Å². The third-order valence-electron chi connectivity index (χ3n) is 5.75. The van der Waals surface area contributed by atoms with Gasteiger partial charge in [-0.1, -0.05) is 24.3 Å². The number of H-pyrrole nitrogens is 1. The maximum atomic E-state index is 14.3. The van der Waals surface area contributed by atoms with Crippen LogP contribution in [-0.2, 0) is 22.5 Å². The summed E-state index contributed by atoms with van der Waals surface area (Å²) in [4.78, 5) is 25.2. The minimum absolute atomic E-state index is 0.0649. The molecule has 1 aliphatic heterocycles. The predicted molar refractivity (Wildman–Crippen MR) is 118 cm³/mol. The van der Waals surface area contributed by atoms with E-state index in [0.29, 0.717) is 31.1 Å². The van der Waals surface area contributed by atoms with Crippen LogP contribution in [-0.4, -0.2) is 65.1 Å². The van der Waals surface area contributed by atoms with Crippen molar-refractivity contribution < 1.29 is 13.9 Å². The molecule has 0 saturated carbocycles. The SMILES string of the molecule is Cc1cc(C)c2nc(CC(=O)N(CCN3CCOCC3)Cc3ccccc3F)[nH]c2c1. The molecule has 0 radical (unpaired) electrons. The highest BCUT2D eigenvalue weighted by molar-refractivity contribution is 5.82. The van der Waals surface area contributed by atoms with E-state index in [9.17, 15) is 9.18 Å². The van der Waals surface area contributed by atoms with Crippen molar-refractivity contribution in [2.75, 3.05) is 39.4 Å². The van der Waals surface area contributed by atoms with Crippen LogP contribution in [0.4, 0.5) is 4.39 Å². The summed E-state index contributed by atoms with van der Waals surface area (Å²) in [6.45, 7) is 8.70. The number of morpholine rings is 1. The third kappa shape index (κ3) is 5.29. The molecule has 1 amide bonds. The fourth-order valence-corrected chi connectivity index (χ4v) is 4.07. The van der Waals surface area contributed by atoms with E-state index in [1.165, 1.54) is 6.07 Å². The van der Waals surface area contributed by atoms with Crippen LogP contribution in [0.25, 0.3) is 11.0 Å². The highest BCUT2D eigenvalue weighted by Crippen LogP contribution is 2.19. The second-order valence-corrected chi connectivity index (χ2v) is 8.20. The van der Waals surface area contributed by atoms with Crippen molar-refractivity contribution in [3.63, 3.8) is 0 Å². The zero-order valence-electron chi connectivity index (χ0n) is 18.2. The summed E-state index contributed by atoms with van der Waals surface area (Å²) in [5.41, 5.74) is 4.59. The second-order valence-electron chi connectivity index (χ2n) is 8.20. The molecule has 1 fully saturated rings. The van der Waals surface area contributed by atoms with E-state index >= 15 is 0 Å². The number of halogens is 1. The summed E-state index contributed by atoms with van der Waals surface area (Å²) < 4.78 is 19.7. The smallest absolute Gasteiger partial charge is 0.230 e. The van der Waals surface area contributed by atoms with Gasteiger partial charge in [0.2, 0.25) is 5.91 Å².